The van der Waals surface area contributed by atoms with Gasteiger partial charge in [-0.05, 0) is 113 Å². The molecule has 2 aliphatic rings. The van der Waals surface area contributed by atoms with Gasteiger partial charge in [0.25, 0.3) is 0 Å². The van der Waals surface area contributed by atoms with Crippen molar-refractivity contribution in [3.8, 4) is 22.3 Å². The monoisotopic (exact) mass is 395 g/mol. The second-order valence-electron chi connectivity index (χ2n) is 9.01. The van der Waals surface area contributed by atoms with E-state index in [0.717, 1.165) is 19.3 Å². The van der Waals surface area contributed by atoms with Gasteiger partial charge in [-0.3, -0.25) is 0 Å². The van der Waals surface area contributed by atoms with Crippen molar-refractivity contribution in [2.75, 3.05) is 0 Å². The van der Waals surface area contributed by atoms with Gasteiger partial charge in [0.1, 0.15) is 0 Å². The van der Waals surface area contributed by atoms with Crippen LogP contribution in [0.3, 0.4) is 0 Å². The molecule has 0 heterocycles. The van der Waals surface area contributed by atoms with Crippen molar-refractivity contribution in [1.82, 2.24) is 0 Å². The van der Waals surface area contributed by atoms with Gasteiger partial charge in [-0.1, -0.05) is 56.3 Å². The normalized spacial score (nSPS) is 14.8. The fourth-order valence-electron chi connectivity index (χ4n) is 5.81. The zero-order valence-electron chi connectivity index (χ0n) is 18.5. The number of nitrogens with two attached hydrogens (primary N) is 1. The van der Waals surface area contributed by atoms with Gasteiger partial charge in [-0.25, -0.2) is 0 Å². The maximum Gasteiger partial charge on any atom is 0.0178 e. The van der Waals surface area contributed by atoms with Gasteiger partial charge in [-0.2, -0.15) is 0 Å². The number of rotatable bonds is 4. The van der Waals surface area contributed by atoms with E-state index in [1.165, 1.54) is 76.6 Å². The average Bonchev–Trinajstić information content (AvgIpc) is 2.82. The third kappa shape index (κ3) is 3.20. The van der Waals surface area contributed by atoms with E-state index in [1.807, 2.05) is 0 Å². The van der Waals surface area contributed by atoms with Crippen molar-refractivity contribution < 1.29 is 0 Å². The van der Waals surface area contributed by atoms with Crippen LogP contribution in [-0.4, -0.2) is 0 Å². The van der Waals surface area contributed by atoms with Crippen LogP contribution in [0.15, 0.2) is 42.5 Å². The van der Waals surface area contributed by atoms with Gasteiger partial charge in [0.15, 0.2) is 0 Å². The van der Waals surface area contributed by atoms with Gasteiger partial charge >= 0.3 is 0 Å². The first-order valence-electron chi connectivity index (χ1n) is 11.9. The highest BCUT2D eigenvalue weighted by molar-refractivity contribution is 5.80. The van der Waals surface area contributed by atoms with E-state index in [2.05, 4.69) is 56.3 Å². The molecular formula is C29H33N. The van der Waals surface area contributed by atoms with Crippen molar-refractivity contribution in [3.05, 3.63) is 81.4 Å². The number of benzene rings is 3. The molecule has 0 saturated carbocycles. The van der Waals surface area contributed by atoms with Crippen LogP contribution in [0.1, 0.15) is 65.6 Å². The summed E-state index contributed by atoms with van der Waals surface area (Å²) in [7, 11) is 0. The Bertz CT molecular complexity index is 1080. The average molecular weight is 396 g/mol. The van der Waals surface area contributed by atoms with Crippen molar-refractivity contribution in [1.29, 1.82) is 0 Å². The number of hydrogen-bond acceptors (Lipinski definition) is 1. The number of hydrogen-bond donors (Lipinski definition) is 1. The molecule has 30 heavy (non-hydrogen) atoms. The molecular weight excluding hydrogens is 362 g/mol. The predicted octanol–water partition coefficient (Wildman–Crippen LogP) is 6.58. The van der Waals surface area contributed by atoms with Gasteiger partial charge in [0.2, 0.25) is 0 Å². The first kappa shape index (κ1) is 19.6. The highest BCUT2D eigenvalue weighted by atomic mass is 14.5. The molecule has 154 valence electrons. The van der Waals surface area contributed by atoms with Gasteiger partial charge in [-0.15, -0.1) is 0 Å². The van der Waals surface area contributed by atoms with Crippen LogP contribution in [0, 0.1) is 0 Å². The van der Waals surface area contributed by atoms with Crippen LogP contribution >= 0.6 is 0 Å². The molecule has 0 unspecified atom stereocenters. The summed E-state index contributed by atoms with van der Waals surface area (Å²) in [6.45, 7) is 5.14. The minimum Gasteiger partial charge on any atom is -0.326 e. The van der Waals surface area contributed by atoms with Crippen LogP contribution in [0.5, 0.6) is 0 Å². The number of aryl methyl sites for hydroxylation is 4. The van der Waals surface area contributed by atoms with Crippen LogP contribution in [0.2, 0.25) is 0 Å². The van der Waals surface area contributed by atoms with Gasteiger partial charge in [0, 0.05) is 6.54 Å². The van der Waals surface area contributed by atoms with Crippen LogP contribution < -0.4 is 5.73 Å². The quantitative estimate of drug-likeness (QED) is 0.530. The maximum atomic E-state index is 5.97. The fourth-order valence-corrected chi connectivity index (χ4v) is 5.81. The summed E-state index contributed by atoms with van der Waals surface area (Å²) >= 11 is 0. The van der Waals surface area contributed by atoms with E-state index in [-0.39, 0.29) is 0 Å². The first-order chi connectivity index (χ1) is 14.7. The molecule has 2 aliphatic carbocycles. The molecule has 0 amide bonds. The molecule has 0 spiro atoms. The van der Waals surface area contributed by atoms with Gasteiger partial charge in [0.05, 0.1) is 0 Å². The molecule has 5 rings (SSSR count). The highest BCUT2D eigenvalue weighted by Crippen LogP contribution is 2.41. The van der Waals surface area contributed by atoms with Crippen molar-refractivity contribution in [2.24, 2.45) is 5.73 Å². The molecule has 0 bridgehead atoms. The molecule has 1 nitrogen and oxygen atoms in total. The Hall–Kier alpha value is -2.38. The summed E-state index contributed by atoms with van der Waals surface area (Å²) in [4.78, 5) is 0. The summed E-state index contributed by atoms with van der Waals surface area (Å²) in [5.41, 5.74) is 22.3. The van der Waals surface area contributed by atoms with Crippen LogP contribution in [0.25, 0.3) is 22.3 Å². The number of fused-ring (bicyclic) bond motifs is 5. The zero-order chi connectivity index (χ0) is 20.7. The summed E-state index contributed by atoms with van der Waals surface area (Å²) in [6, 6.07) is 16.7. The Kier molecular flexibility index (Phi) is 5.25. The Morgan fingerprint density at radius 3 is 2.17 bits per heavy atom. The van der Waals surface area contributed by atoms with Crippen LogP contribution in [-0.2, 0) is 45.1 Å². The van der Waals surface area contributed by atoms with Crippen molar-refractivity contribution in [2.45, 2.75) is 71.8 Å². The molecule has 0 saturated heterocycles. The first-order valence-corrected chi connectivity index (χ1v) is 11.9. The second kappa shape index (κ2) is 8.04. The van der Waals surface area contributed by atoms with E-state index < -0.39 is 0 Å². The Balaban J connectivity index is 1.62. The highest BCUT2D eigenvalue weighted by Gasteiger charge is 2.23. The van der Waals surface area contributed by atoms with E-state index in [4.69, 9.17) is 5.73 Å². The minimum absolute atomic E-state index is 0.617. The van der Waals surface area contributed by atoms with Crippen LogP contribution in [0.4, 0.5) is 0 Å². The third-order valence-corrected chi connectivity index (χ3v) is 7.34. The molecule has 1 heteroatoms. The molecule has 0 fully saturated rings. The lowest BCUT2D eigenvalue weighted by atomic mass is 9.77. The minimum atomic E-state index is 0.617. The molecule has 0 aliphatic heterocycles. The molecule has 2 N–H and O–H groups in total. The van der Waals surface area contributed by atoms with E-state index >= 15 is 0 Å². The Labute approximate surface area is 181 Å². The summed E-state index contributed by atoms with van der Waals surface area (Å²) < 4.78 is 0. The maximum absolute atomic E-state index is 5.97. The Morgan fingerprint density at radius 2 is 1.43 bits per heavy atom. The lowest BCUT2D eigenvalue weighted by molar-refractivity contribution is 0.676. The lowest BCUT2D eigenvalue weighted by Gasteiger charge is -2.27. The fraction of sp³-hybridized carbons (Fsp3) is 0.379. The smallest absolute Gasteiger partial charge is 0.0178 e. The third-order valence-electron chi connectivity index (χ3n) is 7.34. The molecule has 0 aromatic heterocycles. The molecule has 0 atom stereocenters. The van der Waals surface area contributed by atoms with Gasteiger partial charge < -0.3 is 5.73 Å². The zero-order valence-corrected chi connectivity index (χ0v) is 18.5. The molecule has 3 aromatic rings. The summed E-state index contributed by atoms with van der Waals surface area (Å²) in [5.74, 6) is 0. The SMILES string of the molecule is CCc1cc(CN)cc(CC)c1-c1ccc2c(c1)CCc1c-2ccc2c1CCCC2. The van der Waals surface area contributed by atoms with E-state index in [1.54, 1.807) is 16.7 Å². The van der Waals surface area contributed by atoms with E-state index in [9.17, 15) is 0 Å². The van der Waals surface area contributed by atoms with Crippen molar-refractivity contribution in [3.63, 3.8) is 0 Å². The predicted molar refractivity (Wildman–Crippen MR) is 128 cm³/mol. The van der Waals surface area contributed by atoms with Crippen molar-refractivity contribution >= 4 is 0 Å². The summed E-state index contributed by atoms with van der Waals surface area (Å²) in [5, 5.41) is 0. The standard InChI is InChI=1S/C29H33N/c1-3-20-15-19(18-30)16-21(4-2)29(20)24-11-12-26-23(17-24)10-14-27-25-8-6-5-7-22(25)9-13-28(26)27/h9,11-13,15-17H,3-8,10,14,18,30H2,1-2H3. The molecule has 3 aromatic carbocycles. The molecule has 0 radical (unpaired) electrons. The second-order valence-corrected chi connectivity index (χ2v) is 9.01. The summed E-state index contributed by atoms with van der Waals surface area (Å²) in [6.07, 6.45) is 9.71. The Morgan fingerprint density at radius 1 is 0.700 bits per heavy atom. The van der Waals surface area contributed by atoms with E-state index in [0.29, 0.717) is 6.54 Å². The lowest BCUT2D eigenvalue weighted by Crippen LogP contribution is -2.12. The largest absolute Gasteiger partial charge is 0.326 e. The topological polar surface area (TPSA) is 26.0 Å².